The van der Waals surface area contributed by atoms with Crippen LogP contribution in [0.1, 0.15) is 39.5 Å². The number of ether oxygens (including phenoxy) is 1. The minimum Gasteiger partial charge on any atom is -0.497 e. The zero-order valence-corrected chi connectivity index (χ0v) is 19.3. The van der Waals surface area contributed by atoms with Crippen molar-refractivity contribution in [2.24, 2.45) is 5.16 Å². The van der Waals surface area contributed by atoms with Gasteiger partial charge in [-0.1, -0.05) is 47.1 Å². The van der Waals surface area contributed by atoms with E-state index >= 15 is 0 Å². The number of hydrogen-bond acceptors (Lipinski definition) is 5. The van der Waals surface area contributed by atoms with E-state index in [0.717, 1.165) is 39.2 Å². The molecular weight excluding hydrogens is 448 g/mol. The molecule has 0 saturated heterocycles. The Balaban J connectivity index is 1.49. The van der Waals surface area contributed by atoms with Gasteiger partial charge in [0.1, 0.15) is 5.75 Å². The first-order chi connectivity index (χ1) is 16.6. The lowest BCUT2D eigenvalue weighted by molar-refractivity contribution is -0.0198. The Morgan fingerprint density at radius 3 is 2.56 bits per heavy atom. The van der Waals surface area contributed by atoms with Crippen LogP contribution in [-0.2, 0) is 11.3 Å². The van der Waals surface area contributed by atoms with Gasteiger partial charge in [0.05, 0.1) is 30.0 Å². The monoisotopic (exact) mass is 468 g/mol. The first-order valence-corrected chi connectivity index (χ1v) is 11.6. The molecule has 4 aromatic rings. The third kappa shape index (κ3) is 3.19. The van der Waals surface area contributed by atoms with E-state index in [-0.39, 0.29) is 11.7 Å². The van der Waals surface area contributed by atoms with Crippen LogP contribution in [0.15, 0.2) is 84.0 Å². The van der Waals surface area contributed by atoms with Gasteiger partial charge in [0.2, 0.25) is 11.4 Å². The molecule has 168 valence electrons. The summed E-state index contributed by atoms with van der Waals surface area (Å²) < 4.78 is 5.31. The first-order valence-electron chi connectivity index (χ1n) is 11.2. The second-order valence-corrected chi connectivity index (χ2v) is 9.11. The maximum Gasteiger partial charge on any atom is 0.212 e. The van der Waals surface area contributed by atoms with E-state index in [1.165, 1.54) is 0 Å². The highest BCUT2D eigenvalue weighted by Crippen LogP contribution is 2.48. The number of nitrogens with zero attached hydrogens (tertiary/aromatic N) is 2. The topological polar surface area (TPSA) is 60.8 Å². The van der Waals surface area contributed by atoms with Gasteiger partial charge < -0.3 is 9.57 Å². The van der Waals surface area contributed by atoms with E-state index < -0.39 is 5.60 Å². The number of oxime groups is 1. The average Bonchev–Trinajstić information content (AvgIpc) is 3.26. The van der Waals surface area contributed by atoms with Crippen molar-refractivity contribution in [2.45, 2.75) is 24.4 Å². The summed E-state index contributed by atoms with van der Waals surface area (Å²) in [6.07, 6.45) is 1.11. The molecule has 0 bridgehead atoms. The number of halogens is 1. The smallest absolute Gasteiger partial charge is 0.212 e. The summed E-state index contributed by atoms with van der Waals surface area (Å²) in [7, 11) is 1.63. The molecular formula is C28H21ClN2O3. The third-order valence-corrected chi connectivity index (χ3v) is 7.05. The number of para-hydroxylation sites is 1. The van der Waals surface area contributed by atoms with Crippen LogP contribution in [0, 0.1) is 0 Å². The number of Topliss-reactive ketones (excluding diaryl/α,β-unsaturated/α-hetero) is 1. The number of benzene rings is 3. The number of aromatic nitrogens is 1. The van der Waals surface area contributed by atoms with Gasteiger partial charge in [0, 0.05) is 28.0 Å². The Bertz CT molecular complexity index is 1450. The summed E-state index contributed by atoms with van der Waals surface area (Å²) >= 11 is 6.18. The summed E-state index contributed by atoms with van der Waals surface area (Å²) in [5.74, 6) is 0.283. The van der Waals surface area contributed by atoms with E-state index in [1.807, 2.05) is 78.9 Å². The van der Waals surface area contributed by atoms with Crippen molar-refractivity contribution in [3.05, 3.63) is 106 Å². The van der Waals surface area contributed by atoms with E-state index in [9.17, 15) is 4.79 Å². The first kappa shape index (κ1) is 20.9. The van der Waals surface area contributed by atoms with Crippen molar-refractivity contribution in [1.29, 1.82) is 0 Å². The number of pyridine rings is 1. The summed E-state index contributed by atoms with van der Waals surface area (Å²) in [5, 5.41) is 6.07. The molecule has 0 unspecified atom stereocenters. The predicted octanol–water partition coefficient (Wildman–Crippen LogP) is 5.98. The van der Waals surface area contributed by atoms with Crippen LogP contribution in [0.5, 0.6) is 5.75 Å². The molecule has 1 aromatic heterocycles. The average molecular weight is 469 g/mol. The van der Waals surface area contributed by atoms with Gasteiger partial charge in [-0.05, 0) is 60.5 Å². The van der Waals surface area contributed by atoms with Gasteiger partial charge in [-0.3, -0.25) is 9.78 Å². The lowest BCUT2D eigenvalue weighted by Gasteiger charge is -2.35. The van der Waals surface area contributed by atoms with E-state index in [4.69, 9.17) is 26.2 Å². The van der Waals surface area contributed by atoms with Gasteiger partial charge >= 0.3 is 0 Å². The normalized spacial score (nSPS) is 21.3. The second-order valence-electron chi connectivity index (χ2n) is 8.67. The van der Waals surface area contributed by atoms with Gasteiger partial charge in [-0.2, -0.15) is 0 Å². The van der Waals surface area contributed by atoms with Gasteiger partial charge in [-0.15, -0.1) is 0 Å². The fraction of sp³-hybridized carbons (Fsp3) is 0.179. The molecule has 6 heteroatoms. The summed E-state index contributed by atoms with van der Waals surface area (Å²) in [6, 6.07) is 25.0. The number of ketones is 1. The molecule has 0 saturated carbocycles. The molecule has 2 heterocycles. The zero-order valence-electron chi connectivity index (χ0n) is 18.5. The Kier molecular flexibility index (Phi) is 4.89. The lowest BCUT2D eigenvalue weighted by atomic mass is 9.68. The molecule has 2 aliphatic rings. The van der Waals surface area contributed by atoms with Gasteiger partial charge in [-0.25, -0.2) is 0 Å². The summed E-state index contributed by atoms with van der Waals surface area (Å²) in [4.78, 5) is 25.0. The maximum absolute atomic E-state index is 14.1. The highest BCUT2D eigenvalue weighted by Gasteiger charge is 2.57. The van der Waals surface area contributed by atoms with E-state index in [0.29, 0.717) is 23.4 Å². The lowest BCUT2D eigenvalue weighted by Crippen LogP contribution is -2.48. The molecule has 0 amide bonds. The number of methoxy groups -OCH3 is 1. The highest BCUT2D eigenvalue weighted by atomic mass is 35.5. The third-order valence-electron chi connectivity index (χ3n) is 6.80. The van der Waals surface area contributed by atoms with Gasteiger partial charge in [0.25, 0.3) is 0 Å². The minimum absolute atomic E-state index is 0.0841. The zero-order chi connectivity index (χ0) is 23.3. The van der Waals surface area contributed by atoms with Crippen LogP contribution in [0.3, 0.4) is 0 Å². The summed E-state index contributed by atoms with van der Waals surface area (Å²) in [5.41, 5.74) is 3.70. The molecule has 1 spiro atoms. The summed E-state index contributed by atoms with van der Waals surface area (Å²) in [6.45, 7) is 0. The second kappa shape index (κ2) is 7.96. The fourth-order valence-electron chi connectivity index (χ4n) is 5.07. The molecule has 1 aliphatic carbocycles. The fourth-order valence-corrected chi connectivity index (χ4v) is 5.20. The predicted molar refractivity (Wildman–Crippen MR) is 132 cm³/mol. The minimum atomic E-state index is -1.14. The standard InChI is InChI=1S/C28H21ClN2O3/c1-33-21-12-8-18(9-13-21)26-25(17-6-10-20(29)11-7-17)28(34-31-26)15-14-24-22(27(28)32)16-19-4-2-3-5-23(19)30-24/h2-13,16,25H,14-15H2,1H3/t25-,28-/m0/s1. The van der Waals surface area contributed by atoms with Crippen molar-refractivity contribution in [3.8, 4) is 5.75 Å². The van der Waals surface area contributed by atoms with Crippen LogP contribution in [0.2, 0.25) is 5.02 Å². The van der Waals surface area contributed by atoms with Crippen molar-refractivity contribution in [1.82, 2.24) is 4.98 Å². The molecule has 34 heavy (non-hydrogen) atoms. The number of rotatable bonds is 3. The van der Waals surface area contributed by atoms with Crippen LogP contribution >= 0.6 is 11.6 Å². The quantitative estimate of drug-likeness (QED) is 0.371. The van der Waals surface area contributed by atoms with E-state index in [1.54, 1.807) is 7.11 Å². The highest BCUT2D eigenvalue weighted by molar-refractivity contribution is 6.30. The van der Waals surface area contributed by atoms with Crippen LogP contribution in [0.25, 0.3) is 10.9 Å². The molecule has 5 nitrogen and oxygen atoms in total. The number of hydrogen-bond donors (Lipinski definition) is 0. The molecule has 0 radical (unpaired) electrons. The molecule has 1 aliphatic heterocycles. The number of fused-ring (bicyclic) bond motifs is 2. The Morgan fingerprint density at radius 2 is 1.79 bits per heavy atom. The molecule has 0 fully saturated rings. The number of carbonyl (C=O) groups is 1. The molecule has 0 N–H and O–H groups in total. The van der Waals surface area contributed by atoms with Crippen molar-refractivity contribution in [2.75, 3.05) is 7.11 Å². The molecule has 2 atom stereocenters. The van der Waals surface area contributed by atoms with Crippen LogP contribution in [0.4, 0.5) is 0 Å². The Labute approximate surface area is 202 Å². The van der Waals surface area contributed by atoms with Crippen molar-refractivity contribution in [3.63, 3.8) is 0 Å². The number of carbonyl (C=O) groups excluding carboxylic acids is 1. The maximum atomic E-state index is 14.1. The van der Waals surface area contributed by atoms with Crippen LogP contribution < -0.4 is 4.74 Å². The Hall–Kier alpha value is -3.70. The Morgan fingerprint density at radius 1 is 1.03 bits per heavy atom. The molecule has 3 aromatic carbocycles. The SMILES string of the molecule is COc1ccc(C2=NO[C@@]3(CCc4nc5ccccc5cc4C3=O)[C@H]2c2ccc(Cl)cc2)cc1. The van der Waals surface area contributed by atoms with E-state index in [2.05, 4.69) is 5.16 Å². The van der Waals surface area contributed by atoms with Crippen molar-refractivity contribution >= 4 is 34.0 Å². The molecule has 6 rings (SSSR count). The van der Waals surface area contributed by atoms with Crippen molar-refractivity contribution < 1.29 is 14.4 Å². The largest absolute Gasteiger partial charge is 0.497 e. The van der Waals surface area contributed by atoms with Gasteiger partial charge in [0.15, 0.2) is 0 Å². The van der Waals surface area contributed by atoms with Crippen LogP contribution in [-0.4, -0.2) is 29.2 Å². The number of aryl methyl sites for hydroxylation is 1.